The molecule has 0 saturated carbocycles. The minimum atomic E-state index is 0.221. The number of ether oxygens (including phenoxy) is 1. The number of hydrogen-bond donors (Lipinski definition) is 1. The summed E-state index contributed by atoms with van der Waals surface area (Å²) in [5.41, 5.74) is 4.69. The van der Waals surface area contributed by atoms with Gasteiger partial charge in [-0.3, -0.25) is 15.0 Å². The Bertz CT molecular complexity index is 808. The highest BCUT2D eigenvalue weighted by atomic mass is 16.5. The second kappa shape index (κ2) is 6.10. The molecular formula is C18H20N4O. The smallest absolute Gasteiger partial charge is 0.0758 e. The number of benzene rings is 1. The van der Waals surface area contributed by atoms with Crippen molar-refractivity contribution in [2.45, 2.75) is 19.5 Å². The Morgan fingerprint density at radius 1 is 1.30 bits per heavy atom. The van der Waals surface area contributed by atoms with Crippen LogP contribution in [0.2, 0.25) is 0 Å². The number of pyridine rings is 1. The Kier molecular flexibility index (Phi) is 3.81. The maximum Gasteiger partial charge on any atom is 0.0758 e. The largest absolute Gasteiger partial charge is 0.378 e. The van der Waals surface area contributed by atoms with Crippen LogP contribution in [0.4, 0.5) is 0 Å². The van der Waals surface area contributed by atoms with E-state index >= 15 is 0 Å². The molecule has 3 aromatic rings. The van der Waals surface area contributed by atoms with Gasteiger partial charge in [0.25, 0.3) is 0 Å². The summed E-state index contributed by atoms with van der Waals surface area (Å²) in [6.07, 6.45) is 3.78. The molecule has 4 rings (SSSR count). The Balaban J connectivity index is 1.67. The van der Waals surface area contributed by atoms with E-state index in [1.165, 1.54) is 16.5 Å². The summed E-state index contributed by atoms with van der Waals surface area (Å²) in [5.74, 6) is 0. The molecule has 0 aliphatic carbocycles. The lowest BCUT2D eigenvalue weighted by Gasteiger charge is -2.35. The van der Waals surface area contributed by atoms with Gasteiger partial charge < -0.3 is 4.74 Å². The Morgan fingerprint density at radius 3 is 3.09 bits per heavy atom. The zero-order valence-corrected chi connectivity index (χ0v) is 13.2. The van der Waals surface area contributed by atoms with Gasteiger partial charge in [-0.1, -0.05) is 18.2 Å². The molecule has 5 nitrogen and oxygen atoms in total. The molecule has 1 N–H and O–H groups in total. The Labute approximate surface area is 135 Å². The number of H-pyrrole nitrogens is 1. The van der Waals surface area contributed by atoms with Crippen molar-refractivity contribution in [1.82, 2.24) is 20.1 Å². The van der Waals surface area contributed by atoms with Gasteiger partial charge in [0.2, 0.25) is 0 Å². The van der Waals surface area contributed by atoms with Crippen molar-refractivity contribution in [3.63, 3.8) is 0 Å². The van der Waals surface area contributed by atoms with Crippen LogP contribution < -0.4 is 0 Å². The fourth-order valence-corrected chi connectivity index (χ4v) is 3.30. The van der Waals surface area contributed by atoms with Crippen molar-refractivity contribution in [1.29, 1.82) is 0 Å². The third-order valence-electron chi connectivity index (χ3n) is 4.55. The van der Waals surface area contributed by atoms with Gasteiger partial charge in [0.15, 0.2) is 0 Å². The van der Waals surface area contributed by atoms with Gasteiger partial charge in [0.1, 0.15) is 0 Å². The number of aryl methyl sites for hydroxylation is 1. The third-order valence-corrected chi connectivity index (χ3v) is 4.55. The van der Waals surface area contributed by atoms with Crippen molar-refractivity contribution < 1.29 is 4.74 Å². The molecule has 1 saturated heterocycles. The molecule has 1 aromatic carbocycles. The lowest BCUT2D eigenvalue weighted by Crippen LogP contribution is -2.39. The molecule has 0 spiro atoms. The van der Waals surface area contributed by atoms with Gasteiger partial charge in [-0.05, 0) is 30.2 Å². The summed E-state index contributed by atoms with van der Waals surface area (Å²) in [4.78, 5) is 6.92. The van der Waals surface area contributed by atoms with Crippen LogP contribution in [0.5, 0.6) is 0 Å². The first kappa shape index (κ1) is 14.4. The molecule has 0 bridgehead atoms. The van der Waals surface area contributed by atoms with E-state index in [0.29, 0.717) is 6.61 Å². The van der Waals surface area contributed by atoms with Crippen molar-refractivity contribution in [3.8, 4) is 0 Å². The van der Waals surface area contributed by atoms with Crippen LogP contribution in [0.3, 0.4) is 0 Å². The molecule has 0 amide bonds. The standard InChI is InChI=1S/C18H20N4O/c1-13-10-20-21-18(13)17-12-23-9-8-22(17)11-14-6-7-19-16-5-3-2-4-15(14)16/h2-7,10,17H,8-9,11-12H2,1H3,(H,20,21)/t17-/m0/s1. The molecule has 1 aliphatic rings. The number of fused-ring (bicyclic) bond motifs is 1. The number of para-hydroxylation sites is 1. The average Bonchev–Trinajstić information content (AvgIpc) is 3.02. The number of morpholine rings is 1. The number of nitrogens with one attached hydrogen (secondary N) is 1. The maximum absolute atomic E-state index is 5.71. The monoisotopic (exact) mass is 308 g/mol. The fourth-order valence-electron chi connectivity index (χ4n) is 3.30. The maximum atomic E-state index is 5.71. The first-order valence-electron chi connectivity index (χ1n) is 7.97. The number of hydrogen-bond acceptors (Lipinski definition) is 4. The SMILES string of the molecule is Cc1cn[nH]c1[C@@H]1COCCN1Cc1ccnc2ccccc12. The zero-order chi connectivity index (χ0) is 15.6. The zero-order valence-electron chi connectivity index (χ0n) is 13.2. The van der Waals surface area contributed by atoms with E-state index in [2.05, 4.69) is 51.3 Å². The van der Waals surface area contributed by atoms with E-state index in [9.17, 15) is 0 Å². The molecule has 3 heterocycles. The first-order chi connectivity index (χ1) is 11.3. The molecule has 2 aromatic heterocycles. The molecule has 1 aliphatic heterocycles. The average molecular weight is 308 g/mol. The normalized spacial score (nSPS) is 19.3. The molecular weight excluding hydrogens is 288 g/mol. The van der Waals surface area contributed by atoms with E-state index in [1.54, 1.807) is 0 Å². The summed E-state index contributed by atoms with van der Waals surface area (Å²) in [6, 6.07) is 10.7. The van der Waals surface area contributed by atoms with E-state index in [1.807, 2.05) is 18.5 Å². The van der Waals surface area contributed by atoms with Crippen LogP contribution >= 0.6 is 0 Å². The van der Waals surface area contributed by atoms with E-state index in [0.717, 1.165) is 30.9 Å². The van der Waals surface area contributed by atoms with Gasteiger partial charge in [0.05, 0.1) is 36.7 Å². The fraction of sp³-hybridized carbons (Fsp3) is 0.333. The van der Waals surface area contributed by atoms with Gasteiger partial charge >= 0.3 is 0 Å². The van der Waals surface area contributed by atoms with Crippen LogP contribution in [-0.2, 0) is 11.3 Å². The summed E-state index contributed by atoms with van der Waals surface area (Å²) in [7, 11) is 0. The molecule has 23 heavy (non-hydrogen) atoms. The molecule has 0 unspecified atom stereocenters. The third kappa shape index (κ3) is 2.73. The number of aromatic nitrogens is 3. The summed E-state index contributed by atoms with van der Waals surface area (Å²) in [6.45, 7) is 5.36. The highest BCUT2D eigenvalue weighted by molar-refractivity contribution is 5.81. The van der Waals surface area contributed by atoms with Crippen molar-refractivity contribution in [2.24, 2.45) is 0 Å². The van der Waals surface area contributed by atoms with Crippen LogP contribution in [0.25, 0.3) is 10.9 Å². The minimum absolute atomic E-state index is 0.221. The van der Waals surface area contributed by atoms with Crippen LogP contribution in [0.15, 0.2) is 42.7 Å². The first-order valence-corrected chi connectivity index (χ1v) is 7.97. The predicted molar refractivity (Wildman–Crippen MR) is 89.0 cm³/mol. The topological polar surface area (TPSA) is 54.0 Å². The number of nitrogens with zero attached hydrogens (tertiary/aromatic N) is 3. The summed E-state index contributed by atoms with van der Waals surface area (Å²) >= 11 is 0. The number of aromatic amines is 1. The van der Waals surface area contributed by atoms with Gasteiger partial charge in [-0.15, -0.1) is 0 Å². The van der Waals surface area contributed by atoms with Crippen LogP contribution in [-0.4, -0.2) is 39.8 Å². The molecule has 1 fully saturated rings. The Hall–Kier alpha value is -2.24. The van der Waals surface area contributed by atoms with Crippen molar-refractivity contribution >= 4 is 10.9 Å². The van der Waals surface area contributed by atoms with Gasteiger partial charge in [0, 0.05) is 24.7 Å². The van der Waals surface area contributed by atoms with Crippen molar-refractivity contribution in [2.75, 3.05) is 19.8 Å². The highest BCUT2D eigenvalue weighted by Gasteiger charge is 2.27. The highest BCUT2D eigenvalue weighted by Crippen LogP contribution is 2.28. The second-order valence-electron chi connectivity index (χ2n) is 6.02. The van der Waals surface area contributed by atoms with Gasteiger partial charge in [-0.2, -0.15) is 5.10 Å². The predicted octanol–water partition coefficient (Wildman–Crippen LogP) is 2.84. The van der Waals surface area contributed by atoms with Gasteiger partial charge in [-0.25, -0.2) is 0 Å². The van der Waals surface area contributed by atoms with Crippen LogP contribution in [0.1, 0.15) is 22.9 Å². The molecule has 118 valence electrons. The van der Waals surface area contributed by atoms with E-state index in [4.69, 9.17) is 4.74 Å². The van der Waals surface area contributed by atoms with E-state index in [-0.39, 0.29) is 6.04 Å². The summed E-state index contributed by atoms with van der Waals surface area (Å²) < 4.78 is 5.71. The molecule has 1 atom stereocenters. The molecule has 0 radical (unpaired) electrons. The number of rotatable bonds is 3. The molecule has 5 heteroatoms. The summed E-state index contributed by atoms with van der Waals surface area (Å²) in [5, 5.41) is 8.54. The lowest BCUT2D eigenvalue weighted by molar-refractivity contribution is -0.0143. The van der Waals surface area contributed by atoms with Crippen molar-refractivity contribution in [3.05, 3.63) is 59.5 Å². The van der Waals surface area contributed by atoms with Crippen LogP contribution in [0, 0.1) is 6.92 Å². The lowest BCUT2D eigenvalue weighted by atomic mass is 10.0. The second-order valence-corrected chi connectivity index (χ2v) is 6.02. The van der Waals surface area contributed by atoms with E-state index < -0.39 is 0 Å². The quantitative estimate of drug-likeness (QED) is 0.808. The minimum Gasteiger partial charge on any atom is -0.378 e. The Morgan fingerprint density at radius 2 is 2.22 bits per heavy atom.